The van der Waals surface area contributed by atoms with Crippen molar-refractivity contribution in [3.63, 3.8) is 0 Å². The van der Waals surface area contributed by atoms with Crippen LogP contribution in [0.1, 0.15) is 24.6 Å². The summed E-state index contributed by atoms with van der Waals surface area (Å²) < 4.78 is 1.22. The maximum atomic E-state index is 3.53. The lowest BCUT2D eigenvalue weighted by atomic mass is 10.3. The standard InChI is InChI=1S/C12H19BrN2S/c1-9(15(2)10-3-4-10)7-14-8-11-5-6-12(13)16-11/h5-6,9-10,14H,3-4,7-8H2,1-2H3. The lowest BCUT2D eigenvalue weighted by molar-refractivity contribution is 0.241. The summed E-state index contributed by atoms with van der Waals surface area (Å²) in [6, 6.07) is 5.78. The van der Waals surface area contributed by atoms with E-state index in [0.29, 0.717) is 6.04 Å². The van der Waals surface area contributed by atoms with E-state index in [1.54, 1.807) is 0 Å². The molecule has 2 rings (SSSR count). The van der Waals surface area contributed by atoms with Gasteiger partial charge in [0.1, 0.15) is 0 Å². The zero-order chi connectivity index (χ0) is 11.5. The van der Waals surface area contributed by atoms with Crippen molar-refractivity contribution in [3.8, 4) is 0 Å². The number of thiophene rings is 1. The van der Waals surface area contributed by atoms with Crippen LogP contribution < -0.4 is 5.32 Å². The summed E-state index contributed by atoms with van der Waals surface area (Å²) in [5, 5.41) is 3.53. The van der Waals surface area contributed by atoms with E-state index in [1.165, 1.54) is 21.5 Å². The van der Waals surface area contributed by atoms with E-state index in [2.05, 4.69) is 52.3 Å². The SMILES string of the molecule is CC(CNCc1ccc(Br)s1)N(C)C1CC1. The molecule has 2 nitrogen and oxygen atoms in total. The third-order valence-electron chi connectivity index (χ3n) is 3.19. The van der Waals surface area contributed by atoms with E-state index in [-0.39, 0.29) is 0 Å². The minimum Gasteiger partial charge on any atom is -0.310 e. The van der Waals surface area contributed by atoms with Crippen LogP contribution in [0.4, 0.5) is 0 Å². The van der Waals surface area contributed by atoms with Crippen LogP contribution >= 0.6 is 27.3 Å². The van der Waals surface area contributed by atoms with E-state index in [4.69, 9.17) is 0 Å². The predicted octanol–water partition coefficient (Wildman–Crippen LogP) is 3.08. The van der Waals surface area contributed by atoms with Gasteiger partial charge in [0.2, 0.25) is 0 Å². The van der Waals surface area contributed by atoms with Gasteiger partial charge in [0.15, 0.2) is 0 Å². The smallest absolute Gasteiger partial charge is 0.0701 e. The molecule has 0 spiro atoms. The van der Waals surface area contributed by atoms with E-state index in [1.807, 2.05) is 11.3 Å². The lowest BCUT2D eigenvalue weighted by Gasteiger charge is -2.24. The number of likely N-dealkylation sites (N-methyl/N-ethyl adjacent to an activating group) is 1. The highest BCUT2D eigenvalue weighted by atomic mass is 79.9. The second-order valence-corrected chi connectivity index (χ2v) is 7.13. The first-order valence-electron chi connectivity index (χ1n) is 5.83. The minimum absolute atomic E-state index is 0.635. The fraction of sp³-hybridized carbons (Fsp3) is 0.667. The summed E-state index contributed by atoms with van der Waals surface area (Å²) in [4.78, 5) is 3.89. The molecular formula is C12H19BrN2S. The van der Waals surface area contributed by atoms with E-state index < -0.39 is 0 Å². The summed E-state index contributed by atoms with van der Waals surface area (Å²) in [5.41, 5.74) is 0. The van der Waals surface area contributed by atoms with Crippen molar-refractivity contribution in [2.45, 2.75) is 38.4 Å². The van der Waals surface area contributed by atoms with Gasteiger partial charge in [-0.05, 0) is 54.9 Å². The molecule has 0 aliphatic heterocycles. The summed E-state index contributed by atoms with van der Waals surface area (Å²) in [5.74, 6) is 0. The zero-order valence-corrected chi connectivity index (χ0v) is 12.3. The van der Waals surface area contributed by atoms with Gasteiger partial charge in [-0.3, -0.25) is 4.90 Å². The molecule has 0 radical (unpaired) electrons. The summed E-state index contributed by atoms with van der Waals surface area (Å²) >= 11 is 5.29. The van der Waals surface area contributed by atoms with Gasteiger partial charge in [-0.2, -0.15) is 0 Å². The summed E-state index contributed by atoms with van der Waals surface area (Å²) in [6.07, 6.45) is 2.78. The second-order valence-electron chi connectivity index (χ2n) is 4.58. The van der Waals surface area contributed by atoms with Gasteiger partial charge in [0, 0.05) is 30.1 Å². The normalized spacial score (nSPS) is 18.0. The number of rotatable bonds is 6. The number of nitrogens with one attached hydrogen (secondary N) is 1. The van der Waals surface area contributed by atoms with Crippen molar-refractivity contribution in [2.75, 3.05) is 13.6 Å². The van der Waals surface area contributed by atoms with Crippen molar-refractivity contribution in [1.29, 1.82) is 0 Å². The van der Waals surface area contributed by atoms with E-state index in [0.717, 1.165) is 19.1 Å². The Labute approximate surface area is 110 Å². The molecule has 1 heterocycles. The molecule has 0 amide bonds. The third-order valence-corrected chi connectivity index (χ3v) is 4.81. The van der Waals surface area contributed by atoms with Crippen molar-refractivity contribution in [2.24, 2.45) is 0 Å². The molecule has 0 saturated heterocycles. The Kier molecular flexibility index (Phi) is 4.41. The maximum absolute atomic E-state index is 3.53. The van der Waals surface area contributed by atoms with Crippen LogP contribution in [0, 0.1) is 0 Å². The summed E-state index contributed by atoms with van der Waals surface area (Å²) in [7, 11) is 2.24. The highest BCUT2D eigenvalue weighted by molar-refractivity contribution is 9.11. The lowest BCUT2D eigenvalue weighted by Crippen LogP contribution is -2.38. The fourth-order valence-electron chi connectivity index (χ4n) is 1.84. The van der Waals surface area contributed by atoms with Crippen molar-refractivity contribution in [1.82, 2.24) is 10.2 Å². The molecule has 4 heteroatoms. The molecule has 1 aromatic heterocycles. The van der Waals surface area contributed by atoms with Crippen LogP contribution in [0.2, 0.25) is 0 Å². The Morgan fingerprint density at radius 2 is 2.31 bits per heavy atom. The quantitative estimate of drug-likeness (QED) is 0.869. The largest absolute Gasteiger partial charge is 0.310 e. The van der Waals surface area contributed by atoms with Crippen LogP contribution in [0.3, 0.4) is 0 Å². The molecule has 1 aromatic rings. The van der Waals surface area contributed by atoms with Crippen LogP contribution in [0.5, 0.6) is 0 Å². The number of nitrogens with zero attached hydrogens (tertiary/aromatic N) is 1. The van der Waals surface area contributed by atoms with Crippen LogP contribution in [-0.4, -0.2) is 30.6 Å². The molecule has 1 N–H and O–H groups in total. The average Bonchev–Trinajstić information content (AvgIpc) is 3.02. The van der Waals surface area contributed by atoms with Crippen molar-refractivity contribution < 1.29 is 0 Å². The van der Waals surface area contributed by atoms with Gasteiger partial charge in [-0.25, -0.2) is 0 Å². The molecule has 1 aliphatic carbocycles. The molecule has 1 fully saturated rings. The highest BCUT2D eigenvalue weighted by Crippen LogP contribution is 2.26. The first-order chi connectivity index (χ1) is 7.66. The molecule has 0 aromatic carbocycles. The summed E-state index contributed by atoms with van der Waals surface area (Å²) in [6.45, 7) is 4.36. The molecule has 1 aliphatic rings. The first kappa shape index (κ1) is 12.6. The molecule has 0 bridgehead atoms. The van der Waals surface area contributed by atoms with Gasteiger partial charge in [-0.1, -0.05) is 0 Å². The van der Waals surface area contributed by atoms with Crippen LogP contribution in [0.15, 0.2) is 15.9 Å². The van der Waals surface area contributed by atoms with Gasteiger partial charge in [0.25, 0.3) is 0 Å². The molecule has 16 heavy (non-hydrogen) atoms. The van der Waals surface area contributed by atoms with Crippen LogP contribution in [-0.2, 0) is 6.54 Å². The predicted molar refractivity (Wildman–Crippen MR) is 74.0 cm³/mol. The fourth-order valence-corrected chi connectivity index (χ4v) is 3.29. The Balaban J connectivity index is 1.67. The molecule has 90 valence electrons. The third kappa shape index (κ3) is 3.55. The minimum atomic E-state index is 0.635. The maximum Gasteiger partial charge on any atom is 0.0701 e. The molecule has 1 unspecified atom stereocenters. The Morgan fingerprint density at radius 1 is 1.56 bits per heavy atom. The monoisotopic (exact) mass is 302 g/mol. The van der Waals surface area contributed by atoms with Gasteiger partial charge in [0.05, 0.1) is 3.79 Å². The first-order valence-corrected chi connectivity index (χ1v) is 7.44. The van der Waals surface area contributed by atoms with Gasteiger partial charge >= 0.3 is 0 Å². The van der Waals surface area contributed by atoms with E-state index in [9.17, 15) is 0 Å². The molecule has 1 saturated carbocycles. The zero-order valence-electron chi connectivity index (χ0n) is 9.87. The highest BCUT2D eigenvalue weighted by Gasteiger charge is 2.28. The van der Waals surface area contributed by atoms with Crippen molar-refractivity contribution >= 4 is 27.3 Å². The Bertz CT molecular complexity index is 336. The second kappa shape index (κ2) is 5.63. The average molecular weight is 303 g/mol. The topological polar surface area (TPSA) is 15.3 Å². The van der Waals surface area contributed by atoms with Gasteiger partial charge < -0.3 is 5.32 Å². The van der Waals surface area contributed by atoms with Crippen molar-refractivity contribution in [3.05, 3.63) is 20.8 Å². The van der Waals surface area contributed by atoms with Gasteiger partial charge in [-0.15, -0.1) is 11.3 Å². The number of hydrogen-bond donors (Lipinski definition) is 1. The van der Waals surface area contributed by atoms with Crippen LogP contribution in [0.25, 0.3) is 0 Å². The number of halogens is 1. The Morgan fingerprint density at radius 3 is 2.88 bits per heavy atom. The number of hydrogen-bond acceptors (Lipinski definition) is 3. The Hall–Kier alpha value is 0.1000. The molecular weight excluding hydrogens is 284 g/mol. The van der Waals surface area contributed by atoms with E-state index >= 15 is 0 Å². The molecule has 1 atom stereocenters.